The lowest BCUT2D eigenvalue weighted by Crippen LogP contribution is -2.31. The molecule has 0 atom stereocenters. The van der Waals surface area contributed by atoms with Crippen molar-refractivity contribution in [3.8, 4) is 11.5 Å². The minimum atomic E-state index is 0.583. The lowest BCUT2D eigenvalue weighted by Gasteiger charge is -2.31. The molecule has 0 amide bonds. The second-order valence-electron chi connectivity index (χ2n) is 4.42. The number of ether oxygens (including phenoxy) is 2. The van der Waals surface area contributed by atoms with E-state index in [4.69, 9.17) is 9.47 Å². The van der Waals surface area contributed by atoms with Crippen molar-refractivity contribution in [1.82, 2.24) is 0 Å². The molecular weight excluding hydrogens is 353 g/mol. The molecule has 19 heavy (non-hydrogen) atoms. The van der Waals surface area contributed by atoms with Crippen LogP contribution in [0.5, 0.6) is 11.5 Å². The molecule has 0 saturated carbocycles. The molecule has 1 heterocycles. The molecule has 0 aromatic heterocycles. The van der Waals surface area contributed by atoms with Gasteiger partial charge in [0.2, 0.25) is 0 Å². The van der Waals surface area contributed by atoms with Crippen molar-refractivity contribution < 1.29 is 9.47 Å². The van der Waals surface area contributed by atoms with Crippen LogP contribution in [0.15, 0.2) is 42.5 Å². The highest BCUT2D eigenvalue weighted by Crippen LogP contribution is 2.31. The largest absolute Gasteiger partial charge is 0.497 e. The number of halogens is 1. The molecule has 0 spiro atoms. The fourth-order valence-corrected chi connectivity index (χ4v) is 2.52. The highest BCUT2D eigenvalue weighted by molar-refractivity contribution is 14.1. The second kappa shape index (κ2) is 5.28. The normalized spacial score (nSPS) is 13.7. The van der Waals surface area contributed by atoms with Gasteiger partial charge < -0.3 is 14.4 Å². The maximum Gasteiger partial charge on any atom is 0.161 e. The van der Waals surface area contributed by atoms with Gasteiger partial charge in [0.1, 0.15) is 11.5 Å². The van der Waals surface area contributed by atoms with Crippen LogP contribution in [0.3, 0.4) is 0 Å². The lowest BCUT2D eigenvalue weighted by atomic mass is 10.1. The van der Waals surface area contributed by atoms with Gasteiger partial charge in [0.25, 0.3) is 0 Å². The molecule has 98 valence electrons. The first-order chi connectivity index (χ1) is 9.26. The Morgan fingerprint density at radius 3 is 2.68 bits per heavy atom. The lowest BCUT2D eigenvalue weighted by molar-refractivity contribution is 0.288. The van der Waals surface area contributed by atoms with Gasteiger partial charge in [-0.3, -0.25) is 0 Å². The van der Waals surface area contributed by atoms with E-state index in [2.05, 4.69) is 51.8 Å². The summed E-state index contributed by atoms with van der Waals surface area (Å²) < 4.78 is 12.3. The number of fused-ring (bicyclic) bond motifs is 1. The van der Waals surface area contributed by atoms with Crippen molar-refractivity contribution in [1.29, 1.82) is 0 Å². The Hall–Kier alpha value is -1.43. The molecule has 0 saturated heterocycles. The third kappa shape index (κ3) is 2.63. The summed E-state index contributed by atoms with van der Waals surface area (Å²) in [6, 6.07) is 14.4. The van der Waals surface area contributed by atoms with Crippen LogP contribution >= 0.6 is 22.6 Å². The first-order valence-corrected chi connectivity index (χ1v) is 7.14. The number of rotatable bonds is 2. The van der Waals surface area contributed by atoms with Gasteiger partial charge in [-0.1, -0.05) is 0 Å². The van der Waals surface area contributed by atoms with E-state index in [0.29, 0.717) is 6.73 Å². The Labute approximate surface area is 126 Å². The third-order valence-corrected chi connectivity index (χ3v) is 3.92. The highest BCUT2D eigenvalue weighted by Gasteiger charge is 2.18. The van der Waals surface area contributed by atoms with Crippen LogP contribution in [0, 0.1) is 3.57 Å². The molecule has 3 rings (SSSR count). The zero-order valence-electron chi connectivity index (χ0n) is 10.6. The van der Waals surface area contributed by atoms with E-state index in [9.17, 15) is 0 Å². The summed E-state index contributed by atoms with van der Waals surface area (Å²) in [5.74, 6) is 1.81. The van der Waals surface area contributed by atoms with E-state index in [1.807, 2.05) is 18.2 Å². The molecule has 0 fully saturated rings. The van der Waals surface area contributed by atoms with Crippen molar-refractivity contribution in [3.05, 3.63) is 51.6 Å². The van der Waals surface area contributed by atoms with E-state index < -0.39 is 0 Å². The Kier molecular flexibility index (Phi) is 3.50. The molecule has 1 aliphatic rings. The van der Waals surface area contributed by atoms with Gasteiger partial charge in [0.05, 0.1) is 7.11 Å². The summed E-state index contributed by atoms with van der Waals surface area (Å²) in [6.07, 6.45) is 0. The number of hydrogen-bond acceptors (Lipinski definition) is 3. The number of methoxy groups -OCH3 is 1. The second-order valence-corrected chi connectivity index (χ2v) is 5.67. The maximum atomic E-state index is 5.79. The average Bonchev–Trinajstić information content (AvgIpc) is 2.47. The van der Waals surface area contributed by atoms with Crippen LogP contribution in [0.25, 0.3) is 0 Å². The summed E-state index contributed by atoms with van der Waals surface area (Å²) in [4.78, 5) is 2.21. The predicted octanol–water partition coefficient (Wildman–Crippen LogP) is 3.66. The topological polar surface area (TPSA) is 21.7 Å². The van der Waals surface area contributed by atoms with Crippen LogP contribution < -0.4 is 14.4 Å². The molecule has 3 nitrogen and oxygen atoms in total. The van der Waals surface area contributed by atoms with E-state index in [0.717, 1.165) is 23.6 Å². The Bertz CT molecular complexity index is 583. The van der Waals surface area contributed by atoms with E-state index in [1.54, 1.807) is 7.11 Å². The van der Waals surface area contributed by atoms with Crippen molar-refractivity contribution in [2.45, 2.75) is 6.54 Å². The first-order valence-electron chi connectivity index (χ1n) is 6.06. The molecule has 0 bridgehead atoms. The minimum absolute atomic E-state index is 0.583. The zero-order valence-corrected chi connectivity index (χ0v) is 12.8. The standard InChI is InChI=1S/C15H14INO2/c1-18-14-6-7-15-11(8-14)9-17(10-19-15)13-4-2-12(16)3-5-13/h2-8H,9-10H2,1H3. The molecule has 0 N–H and O–H groups in total. The predicted molar refractivity (Wildman–Crippen MR) is 83.8 cm³/mol. The smallest absolute Gasteiger partial charge is 0.161 e. The summed E-state index contributed by atoms with van der Waals surface area (Å²) in [7, 11) is 1.68. The molecule has 4 heteroatoms. The van der Waals surface area contributed by atoms with Crippen molar-refractivity contribution in [2.75, 3.05) is 18.7 Å². The summed E-state index contributed by atoms with van der Waals surface area (Å²) in [5.41, 5.74) is 2.33. The van der Waals surface area contributed by atoms with Gasteiger partial charge in [0, 0.05) is 21.4 Å². The zero-order chi connectivity index (χ0) is 13.2. The number of anilines is 1. The van der Waals surface area contributed by atoms with Gasteiger partial charge >= 0.3 is 0 Å². The maximum absolute atomic E-state index is 5.79. The number of hydrogen-bond donors (Lipinski definition) is 0. The van der Waals surface area contributed by atoms with Crippen molar-refractivity contribution >= 4 is 28.3 Å². The Balaban J connectivity index is 1.86. The molecule has 2 aromatic rings. The quantitative estimate of drug-likeness (QED) is 0.757. The highest BCUT2D eigenvalue weighted by atomic mass is 127. The van der Waals surface area contributed by atoms with Crippen LogP contribution in [-0.2, 0) is 6.54 Å². The number of benzene rings is 2. The van der Waals surface area contributed by atoms with Gasteiger partial charge in [-0.25, -0.2) is 0 Å². The minimum Gasteiger partial charge on any atom is -0.497 e. The van der Waals surface area contributed by atoms with Crippen LogP contribution in [-0.4, -0.2) is 13.8 Å². The van der Waals surface area contributed by atoms with Crippen LogP contribution in [0.4, 0.5) is 5.69 Å². The van der Waals surface area contributed by atoms with Gasteiger partial charge in [-0.2, -0.15) is 0 Å². The van der Waals surface area contributed by atoms with Crippen molar-refractivity contribution in [2.24, 2.45) is 0 Å². The number of nitrogens with zero attached hydrogens (tertiary/aromatic N) is 1. The monoisotopic (exact) mass is 367 g/mol. The first kappa shape index (κ1) is 12.6. The molecule has 2 aromatic carbocycles. The summed E-state index contributed by atoms with van der Waals surface area (Å²) in [5, 5.41) is 0. The summed E-state index contributed by atoms with van der Waals surface area (Å²) >= 11 is 2.31. The Morgan fingerprint density at radius 1 is 1.16 bits per heavy atom. The molecule has 0 unspecified atom stereocenters. The van der Waals surface area contributed by atoms with Gasteiger partial charge in [-0.05, 0) is 65.1 Å². The van der Waals surface area contributed by atoms with E-state index in [1.165, 1.54) is 9.26 Å². The van der Waals surface area contributed by atoms with E-state index >= 15 is 0 Å². The third-order valence-electron chi connectivity index (χ3n) is 3.20. The molecule has 1 aliphatic heterocycles. The molecular formula is C15H14INO2. The fraction of sp³-hybridized carbons (Fsp3) is 0.200. The van der Waals surface area contributed by atoms with Crippen molar-refractivity contribution in [3.63, 3.8) is 0 Å². The van der Waals surface area contributed by atoms with Gasteiger partial charge in [0.15, 0.2) is 6.73 Å². The van der Waals surface area contributed by atoms with Gasteiger partial charge in [-0.15, -0.1) is 0 Å². The summed E-state index contributed by atoms with van der Waals surface area (Å²) in [6.45, 7) is 1.42. The van der Waals surface area contributed by atoms with Crippen LogP contribution in [0.2, 0.25) is 0 Å². The fourth-order valence-electron chi connectivity index (χ4n) is 2.16. The average molecular weight is 367 g/mol. The Morgan fingerprint density at radius 2 is 1.95 bits per heavy atom. The molecule has 0 aliphatic carbocycles. The van der Waals surface area contributed by atoms with Crippen LogP contribution in [0.1, 0.15) is 5.56 Å². The molecule has 0 radical (unpaired) electrons. The SMILES string of the molecule is COc1ccc2c(c1)CN(c1ccc(I)cc1)CO2. The van der Waals surface area contributed by atoms with E-state index in [-0.39, 0.29) is 0 Å².